The number of carbonyl (C=O) groups excluding carboxylic acids is 3. The average Bonchev–Trinajstić information content (AvgIpc) is 2.36. The summed E-state index contributed by atoms with van der Waals surface area (Å²) in [6.07, 6.45) is 2.68. The van der Waals surface area contributed by atoms with Crippen LogP contribution < -0.4 is 0 Å². The van der Waals surface area contributed by atoms with Crippen LogP contribution in [0.1, 0.15) is 39.0 Å². The summed E-state index contributed by atoms with van der Waals surface area (Å²) in [5, 5.41) is 0. The monoisotopic (exact) mass is 316 g/mol. The van der Waals surface area contributed by atoms with E-state index in [1.54, 1.807) is 0 Å². The summed E-state index contributed by atoms with van der Waals surface area (Å²) >= 11 is 3.32. The summed E-state index contributed by atoms with van der Waals surface area (Å²) in [6.45, 7) is 2.06. The summed E-state index contributed by atoms with van der Waals surface area (Å²) in [6, 6.07) is 0. The number of esters is 1. The Hall–Kier alpha value is -0.710. The predicted molar refractivity (Wildman–Crippen MR) is 68.4 cm³/mol. The molecule has 0 aromatic carbocycles. The summed E-state index contributed by atoms with van der Waals surface area (Å²) < 4.78 is 3.45. The van der Waals surface area contributed by atoms with E-state index in [1.807, 2.05) is 0 Å². The molecule has 5 heteroatoms. The highest BCUT2D eigenvalue weighted by molar-refractivity contribution is 9.10. The van der Waals surface area contributed by atoms with Crippen LogP contribution in [0, 0.1) is 11.3 Å². The van der Waals surface area contributed by atoms with E-state index in [0.29, 0.717) is 12.8 Å². The molecule has 3 atom stereocenters. The third-order valence-corrected chi connectivity index (χ3v) is 5.86. The summed E-state index contributed by atoms with van der Waals surface area (Å²) in [5.41, 5.74) is -0.139. The zero-order valence-corrected chi connectivity index (χ0v) is 12.2. The molecule has 100 valence electrons. The minimum Gasteiger partial charge on any atom is -0.468 e. The Balaban J connectivity index is 2.44. The van der Waals surface area contributed by atoms with Gasteiger partial charge in [-0.25, -0.2) is 0 Å². The third-order valence-electron chi connectivity index (χ3n) is 4.54. The van der Waals surface area contributed by atoms with Crippen molar-refractivity contribution in [3.63, 3.8) is 0 Å². The highest BCUT2D eigenvalue weighted by Gasteiger charge is 2.61. The van der Waals surface area contributed by atoms with E-state index in [2.05, 4.69) is 22.9 Å². The molecular formula is C13H17BrO4. The molecule has 0 aromatic heterocycles. The van der Waals surface area contributed by atoms with Crippen molar-refractivity contribution in [1.29, 1.82) is 0 Å². The van der Waals surface area contributed by atoms with Crippen LogP contribution in [0.2, 0.25) is 0 Å². The molecule has 0 bridgehead atoms. The zero-order valence-electron chi connectivity index (χ0n) is 10.6. The molecule has 0 N–H and O–H groups in total. The third kappa shape index (κ3) is 1.83. The second kappa shape index (κ2) is 4.44. The predicted octanol–water partition coefficient (Wildman–Crippen LogP) is 2.03. The first-order valence-electron chi connectivity index (χ1n) is 6.17. The molecule has 18 heavy (non-hydrogen) atoms. The number of hydrogen-bond donors (Lipinski definition) is 0. The van der Waals surface area contributed by atoms with Crippen molar-refractivity contribution in [2.24, 2.45) is 11.3 Å². The number of alkyl halides is 1. The molecule has 2 saturated carbocycles. The number of Topliss-reactive ketones (excluding diaryl/α,β-unsaturated/α-hetero) is 2. The summed E-state index contributed by atoms with van der Waals surface area (Å²) in [7, 11) is 1.27. The van der Waals surface area contributed by atoms with Gasteiger partial charge < -0.3 is 4.74 Å². The van der Waals surface area contributed by atoms with Gasteiger partial charge in [0.15, 0.2) is 10.1 Å². The number of fused-ring (bicyclic) bond motifs is 1. The number of carbonyl (C=O) groups is 3. The Kier molecular flexibility index (Phi) is 3.38. The second-order valence-electron chi connectivity index (χ2n) is 5.58. The van der Waals surface area contributed by atoms with E-state index in [-0.39, 0.29) is 29.3 Å². The Morgan fingerprint density at radius 2 is 1.94 bits per heavy atom. The molecule has 0 spiro atoms. The summed E-state index contributed by atoms with van der Waals surface area (Å²) in [5.74, 6) is -0.899. The molecule has 2 fully saturated rings. The van der Waals surface area contributed by atoms with Crippen LogP contribution in [0.4, 0.5) is 0 Å². The Bertz CT molecular complexity index is 405. The van der Waals surface area contributed by atoms with E-state index in [9.17, 15) is 14.4 Å². The summed E-state index contributed by atoms with van der Waals surface area (Å²) in [4.78, 5) is 35.8. The van der Waals surface area contributed by atoms with Crippen LogP contribution in [0.5, 0.6) is 0 Å². The van der Waals surface area contributed by atoms with Gasteiger partial charge >= 0.3 is 5.97 Å². The molecule has 4 nitrogen and oxygen atoms in total. The molecule has 0 aromatic rings. The number of halogens is 1. The first-order valence-corrected chi connectivity index (χ1v) is 6.96. The van der Waals surface area contributed by atoms with Crippen molar-refractivity contribution in [1.82, 2.24) is 0 Å². The highest BCUT2D eigenvalue weighted by Crippen LogP contribution is 2.55. The van der Waals surface area contributed by atoms with E-state index in [1.165, 1.54) is 7.11 Å². The normalized spacial score (nSPS) is 40.3. The Morgan fingerprint density at radius 1 is 1.33 bits per heavy atom. The number of ketones is 2. The molecule has 0 aliphatic heterocycles. The molecule has 2 aliphatic rings. The fourth-order valence-electron chi connectivity index (χ4n) is 3.28. The van der Waals surface area contributed by atoms with E-state index in [0.717, 1.165) is 12.8 Å². The van der Waals surface area contributed by atoms with Gasteiger partial charge in [-0.3, -0.25) is 14.4 Å². The van der Waals surface area contributed by atoms with E-state index >= 15 is 0 Å². The van der Waals surface area contributed by atoms with Crippen molar-refractivity contribution in [3.8, 4) is 0 Å². The number of hydrogen-bond acceptors (Lipinski definition) is 4. The fraction of sp³-hybridized carbons (Fsp3) is 0.769. The molecule has 0 unspecified atom stereocenters. The largest absolute Gasteiger partial charge is 0.468 e. The van der Waals surface area contributed by atoms with Crippen molar-refractivity contribution in [2.75, 3.05) is 7.11 Å². The Labute approximate surface area is 115 Å². The smallest absolute Gasteiger partial charge is 0.330 e. The number of methoxy groups -OCH3 is 1. The van der Waals surface area contributed by atoms with Gasteiger partial charge in [-0.15, -0.1) is 0 Å². The standard InChI is InChI=1S/C13H17BrO4/c1-12-5-3-8(15)7-9(12)13(14,11(17)18-2)10(16)4-6-12/h9H,3-7H2,1-2H3/t9-,12-,13-/m0/s1. The fourth-order valence-corrected chi connectivity index (χ4v) is 4.35. The number of ether oxygens (including phenoxy) is 1. The van der Waals surface area contributed by atoms with E-state index in [4.69, 9.17) is 4.74 Å². The van der Waals surface area contributed by atoms with Gasteiger partial charge in [-0.2, -0.15) is 0 Å². The molecule has 2 rings (SSSR count). The van der Waals surface area contributed by atoms with Crippen LogP contribution in [0.3, 0.4) is 0 Å². The van der Waals surface area contributed by atoms with Crippen LogP contribution in [-0.2, 0) is 19.1 Å². The maximum Gasteiger partial charge on any atom is 0.330 e. The first kappa shape index (κ1) is 13.7. The maximum absolute atomic E-state index is 12.2. The lowest BCUT2D eigenvalue weighted by Crippen LogP contribution is -2.59. The first-order chi connectivity index (χ1) is 8.34. The van der Waals surface area contributed by atoms with Crippen LogP contribution in [-0.4, -0.2) is 29.0 Å². The minimum atomic E-state index is -1.33. The van der Waals surface area contributed by atoms with Crippen LogP contribution in [0.15, 0.2) is 0 Å². The molecule has 2 aliphatic carbocycles. The molecular weight excluding hydrogens is 300 g/mol. The topological polar surface area (TPSA) is 60.4 Å². The average molecular weight is 317 g/mol. The van der Waals surface area contributed by atoms with Gasteiger partial charge in [0.05, 0.1) is 7.11 Å². The SMILES string of the molecule is COC(=O)[C@@]1(Br)C(=O)CC[C@]2(C)CCC(=O)C[C@@H]21. The lowest BCUT2D eigenvalue weighted by molar-refractivity contribution is -0.155. The van der Waals surface area contributed by atoms with Crippen molar-refractivity contribution >= 4 is 33.5 Å². The van der Waals surface area contributed by atoms with Gasteiger partial charge in [0.2, 0.25) is 0 Å². The van der Waals surface area contributed by atoms with Crippen molar-refractivity contribution in [3.05, 3.63) is 0 Å². The molecule has 0 amide bonds. The van der Waals surface area contributed by atoms with Crippen LogP contribution >= 0.6 is 15.9 Å². The van der Waals surface area contributed by atoms with Gasteiger partial charge in [0, 0.05) is 25.2 Å². The van der Waals surface area contributed by atoms with Crippen LogP contribution in [0.25, 0.3) is 0 Å². The van der Waals surface area contributed by atoms with Crippen molar-refractivity contribution < 1.29 is 19.1 Å². The molecule has 0 radical (unpaired) electrons. The van der Waals surface area contributed by atoms with Crippen molar-refractivity contribution in [2.45, 2.75) is 43.4 Å². The molecule has 0 heterocycles. The van der Waals surface area contributed by atoms with Gasteiger partial charge in [0.1, 0.15) is 5.78 Å². The zero-order chi connectivity index (χ0) is 13.6. The quantitative estimate of drug-likeness (QED) is 0.422. The van der Waals surface area contributed by atoms with Gasteiger partial charge in [-0.1, -0.05) is 22.9 Å². The van der Waals surface area contributed by atoms with E-state index < -0.39 is 10.3 Å². The van der Waals surface area contributed by atoms with Gasteiger partial charge in [-0.05, 0) is 18.3 Å². The highest BCUT2D eigenvalue weighted by atomic mass is 79.9. The van der Waals surface area contributed by atoms with Gasteiger partial charge in [0.25, 0.3) is 0 Å². The maximum atomic E-state index is 12.2. The minimum absolute atomic E-state index is 0.125. The lowest BCUT2D eigenvalue weighted by atomic mass is 9.56. The second-order valence-corrected chi connectivity index (χ2v) is 6.83. The lowest BCUT2D eigenvalue weighted by Gasteiger charge is -2.50. The Morgan fingerprint density at radius 3 is 2.56 bits per heavy atom. The molecule has 0 saturated heterocycles. The number of rotatable bonds is 1.